The summed E-state index contributed by atoms with van der Waals surface area (Å²) in [4.78, 5) is 11.2. The highest BCUT2D eigenvalue weighted by atomic mass is 32.1. The Labute approximate surface area is 92.7 Å². The summed E-state index contributed by atoms with van der Waals surface area (Å²) in [5, 5.41) is 1.91. The number of H-pyrrole nitrogens is 1. The third-order valence-electron chi connectivity index (χ3n) is 2.40. The van der Waals surface area contributed by atoms with Crippen LogP contribution in [0.2, 0.25) is 0 Å². The van der Waals surface area contributed by atoms with Gasteiger partial charge in [0.1, 0.15) is 0 Å². The molecule has 1 N–H and O–H groups in total. The molecule has 0 aliphatic carbocycles. The smallest absolute Gasteiger partial charge is 0.261 e. The Morgan fingerprint density at radius 2 is 1.93 bits per heavy atom. The van der Waals surface area contributed by atoms with Crippen LogP contribution in [0.25, 0.3) is 0 Å². The summed E-state index contributed by atoms with van der Waals surface area (Å²) in [6, 6.07) is 10.4. The van der Waals surface area contributed by atoms with Gasteiger partial charge in [0, 0.05) is 10.9 Å². The Morgan fingerprint density at radius 3 is 2.60 bits per heavy atom. The molecule has 1 aromatic heterocycles. The fourth-order valence-electron chi connectivity index (χ4n) is 1.57. The van der Waals surface area contributed by atoms with Crippen LogP contribution < -0.4 is 5.56 Å². The molecule has 0 bridgehead atoms. The molecule has 0 fully saturated rings. The number of aromatic nitrogens is 1. The summed E-state index contributed by atoms with van der Waals surface area (Å²) in [5.74, 6) is 0. The zero-order chi connectivity index (χ0) is 10.5. The second-order valence-corrected chi connectivity index (χ2v) is 4.21. The van der Waals surface area contributed by atoms with E-state index in [4.69, 9.17) is 0 Å². The van der Waals surface area contributed by atoms with Crippen LogP contribution in [0.15, 0.2) is 40.5 Å². The molecule has 2 aromatic rings. The highest BCUT2D eigenvalue weighted by molar-refractivity contribution is 7.03. The Hall–Kier alpha value is -1.35. The minimum Gasteiger partial charge on any atom is -0.278 e. The Balaban J connectivity index is 1.86. The fraction of sp³-hybridized carbons (Fsp3) is 0.250. The maximum Gasteiger partial charge on any atom is 0.261 e. The van der Waals surface area contributed by atoms with Crippen molar-refractivity contribution < 1.29 is 0 Å². The predicted molar refractivity (Wildman–Crippen MR) is 63.4 cm³/mol. The van der Waals surface area contributed by atoms with E-state index in [-0.39, 0.29) is 5.56 Å². The number of aryl methyl sites for hydroxylation is 2. The van der Waals surface area contributed by atoms with Gasteiger partial charge in [0.2, 0.25) is 0 Å². The van der Waals surface area contributed by atoms with Gasteiger partial charge in [-0.15, -0.1) is 0 Å². The zero-order valence-electron chi connectivity index (χ0n) is 8.40. The molecule has 1 aromatic carbocycles. The van der Waals surface area contributed by atoms with Crippen molar-refractivity contribution in [2.24, 2.45) is 0 Å². The van der Waals surface area contributed by atoms with Crippen LogP contribution in [0.3, 0.4) is 0 Å². The molecular weight excluding hydrogens is 206 g/mol. The third-order valence-corrected chi connectivity index (χ3v) is 3.10. The van der Waals surface area contributed by atoms with Crippen LogP contribution in [0.1, 0.15) is 17.5 Å². The van der Waals surface area contributed by atoms with E-state index in [9.17, 15) is 4.79 Å². The van der Waals surface area contributed by atoms with Crippen LogP contribution in [0.5, 0.6) is 0 Å². The first-order valence-electron chi connectivity index (χ1n) is 5.05. The highest BCUT2D eigenvalue weighted by Gasteiger charge is 2.00. The second-order valence-electron chi connectivity index (χ2n) is 3.53. The number of nitrogens with one attached hydrogen (secondary N) is 1. The summed E-state index contributed by atoms with van der Waals surface area (Å²) >= 11 is 1.37. The molecule has 0 aliphatic heterocycles. The van der Waals surface area contributed by atoms with Gasteiger partial charge in [-0.2, -0.15) is 0 Å². The quantitative estimate of drug-likeness (QED) is 0.842. The van der Waals surface area contributed by atoms with Crippen LogP contribution >= 0.6 is 11.5 Å². The maximum absolute atomic E-state index is 11.2. The van der Waals surface area contributed by atoms with Gasteiger partial charge in [-0.25, -0.2) is 0 Å². The Morgan fingerprint density at radius 1 is 1.13 bits per heavy atom. The third kappa shape index (κ3) is 2.80. The predicted octanol–water partition coefficient (Wildman–Crippen LogP) is 2.61. The molecular formula is C12H13NOS. The van der Waals surface area contributed by atoms with Gasteiger partial charge in [0.05, 0.1) is 0 Å². The lowest BCUT2D eigenvalue weighted by molar-refractivity contribution is 0.817. The molecule has 0 saturated carbocycles. The van der Waals surface area contributed by atoms with E-state index in [1.165, 1.54) is 17.1 Å². The van der Waals surface area contributed by atoms with E-state index in [1.807, 2.05) is 23.6 Å². The summed E-state index contributed by atoms with van der Waals surface area (Å²) < 4.78 is 2.70. The van der Waals surface area contributed by atoms with E-state index >= 15 is 0 Å². The van der Waals surface area contributed by atoms with Crippen LogP contribution in [-0.2, 0) is 12.8 Å². The van der Waals surface area contributed by atoms with Crippen LogP contribution in [0.4, 0.5) is 0 Å². The fourth-order valence-corrected chi connectivity index (χ4v) is 2.24. The van der Waals surface area contributed by atoms with Crippen molar-refractivity contribution in [2.75, 3.05) is 0 Å². The van der Waals surface area contributed by atoms with Crippen molar-refractivity contribution in [3.05, 3.63) is 57.2 Å². The minimum absolute atomic E-state index is 0.0769. The number of rotatable bonds is 4. The second kappa shape index (κ2) is 4.94. The van der Waals surface area contributed by atoms with Crippen molar-refractivity contribution in [3.63, 3.8) is 0 Å². The number of hydrogen-bond acceptors (Lipinski definition) is 2. The molecule has 0 spiro atoms. The minimum atomic E-state index is 0.0769. The van der Waals surface area contributed by atoms with E-state index in [0.29, 0.717) is 0 Å². The standard InChI is InChI=1S/C12H13NOS/c14-12-11(9-15-13-12)8-4-7-10-5-2-1-3-6-10/h1-3,5-6,9H,4,7-8H2,(H,13,14). The highest BCUT2D eigenvalue weighted by Crippen LogP contribution is 2.06. The van der Waals surface area contributed by atoms with Crippen molar-refractivity contribution in [1.29, 1.82) is 0 Å². The molecule has 0 amide bonds. The van der Waals surface area contributed by atoms with Crippen LogP contribution in [0, 0.1) is 0 Å². The number of hydrogen-bond donors (Lipinski definition) is 1. The molecule has 15 heavy (non-hydrogen) atoms. The molecule has 78 valence electrons. The van der Waals surface area contributed by atoms with E-state index < -0.39 is 0 Å². The van der Waals surface area contributed by atoms with Gasteiger partial charge in [-0.05, 0) is 24.8 Å². The van der Waals surface area contributed by atoms with Gasteiger partial charge < -0.3 is 0 Å². The number of aromatic amines is 1. The van der Waals surface area contributed by atoms with Gasteiger partial charge in [-0.1, -0.05) is 41.9 Å². The van der Waals surface area contributed by atoms with Crippen molar-refractivity contribution in [1.82, 2.24) is 4.37 Å². The maximum atomic E-state index is 11.2. The molecule has 2 rings (SSSR count). The first-order valence-corrected chi connectivity index (χ1v) is 5.93. The molecule has 0 unspecified atom stereocenters. The first kappa shape index (κ1) is 10.2. The zero-order valence-corrected chi connectivity index (χ0v) is 9.22. The van der Waals surface area contributed by atoms with Crippen molar-refractivity contribution >= 4 is 11.5 Å². The van der Waals surface area contributed by atoms with Crippen molar-refractivity contribution in [2.45, 2.75) is 19.3 Å². The lowest BCUT2D eigenvalue weighted by atomic mass is 10.1. The van der Waals surface area contributed by atoms with Gasteiger partial charge in [0.15, 0.2) is 0 Å². The molecule has 2 nitrogen and oxygen atoms in total. The summed E-state index contributed by atoms with van der Waals surface area (Å²) in [5.41, 5.74) is 2.33. The molecule has 0 aliphatic rings. The Kier molecular flexibility index (Phi) is 3.35. The van der Waals surface area contributed by atoms with Crippen molar-refractivity contribution in [3.8, 4) is 0 Å². The molecule has 0 saturated heterocycles. The molecule has 1 heterocycles. The monoisotopic (exact) mass is 219 g/mol. The molecule has 0 radical (unpaired) electrons. The molecule has 0 atom stereocenters. The summed E-state index contributed by atoms with van der Waals surface area (Å²) in [6.45, 7) is 0. The van der Waals surface area contributed by atoms with Crippen LogP contribution in [-0.4, -0.2) is 4.37 Å². The lowest BCUT2D eigenvalue weighted by Crippen LogP contribution is -2.05. The number of benzene rings is 1. The summed E-state index contributed by atoms with van der Waals surface area (Å²) in [6.07, 6.45) is 2.94. The van der Waals surface area contributed by atoms with Gasteiger partial charge in [0.25, 0.3) is 5.56 Å². The topological polar surface area (TPSA) is 32.9 Å². The van der Waals surface area contributed by atoms with E-state index in [0.717, 1.165) is 24.8 Å². The average Bonchev–Trinajstić information content (AvgIpc) is 2.66. The van der Waals surface area contributed by atoms with E-state index in [2.05, 4.69) is 16.5 Å². The normalized spacial score (nSPS) is 10.4. The average molecular weight is 219 g/mol. The van der Waals surface area contributed by atoms with E-state index in [1.54, 1.807) is 0 Å². The van der Waals surface area contributed by atoms with Gasteiger partial charge >= 0.3 is 0 Å². The lowest BCUT2D eigenvalue weighted by Gasteiger charge is -1.98. The Bertz CT molecular complexity index is 458. The van der Waals surface area contributed by atoms with Gasteiger partial charge in [-0.3, -0.25) is 9.17 Å². The summed E-state index contributed by atoms with van der Waals surface area (Å²) in [7, 11) is 0. The molecule has 3 heteroatoms. The first-order chi connectivity index (χ1) is 7.36. The SMILES string of the molecule is O=c1[nH]scc1CCCc1ccccc1. The largest absolute Gasteiger partial charge is 0.278 e.